The number of rotatable bonds is 2. The molecule has 0 amide bonds. The van der Waals surface area contributed by atoms with E-state index in [0.717, 1.165) is 0 Å². The molecule has 16 heavy (non-hydrogen) atoms. The smallest absolute Gasteiger partial charge is 0.315 e. The summed E-state index contributed by atoms with van der Waals surface area (Å²) in [5.74, 6) is -1.58. The monoisotopic (exact) mass is 238 g/mol. The van der Waals surface area contributed by atoms with E-state index in [-0.39, 0.29) is 24.5 Å². The number of nitrogens with zero attached hydrogens (tertiary/aromatic N) is 1. The fourth-order valence-corrected chi connectivity index (χ4v) is 2.37. The number of likely N-dealkylation sites (tertiary alicyclic amines) is 1. The second-order valence-corrected chi connectivity index (χ2v) is 4.95. The molecule has 1 rings (SSSR count). The molecule has 0 bridgehead atoms. The third-order valence-electron chi connectivity index (χ3n) is 3.65. The normalized spacial score (nSPS) is 33.4. The molecule has 1 aliphatic rings. The van der Waals surface area contributed by atoms with E-state index in [4.69, 9.17) is 0 Å². The van der Waals surface area contributed by atoms with Gasteiger partial charge >= 0.3 is 6.18 Å². The Balaban J connectivity index is 2.82. The third-order valence-corrected chi connectivity index (χ3v) is 3.65. The molecule has 0 spiro atoms. The number of hydrogen-bond acceptors (Lipinski definition) is 2. The van der Waals surface area contributed by atoms with Crippen molar-refractivity contribution in [3.63, 3.8) is 0 Å². The first kappa shape index (κ1) is 13.8. The van der Waals surface area contributed by atoms with Crippen LogP contribution in [0.2, 0.25) is 0 Å². The van der Waals surface area contributed by atoms with E-state index in [9.17, 15) is 13.2 Å². The summed E-state index contributed by atoms with van der Waals surface area (Å²) in [4.78, 5) is 1.90. The van der Waals surface area contributed by atoms with Crippen molar-refractivity contribution in [2.24, 2.45) is 11.8 Å². The van der Waals surface area contributed by atoms with Crippen LogP contribution in [0.1, 0.15) is 20.8 Å². The highest BCUT2D eigenvalue weighted by Gasteiger charge is 2.48. The van der Waals surface area contributed by atoms with Crippen molar-refractivity contribution >= 4 is 0 Å². The molecule has 0 aromatic carbocycles. The Morgan fingerprint density at radius 2 is 1.81 bits per heavy atom. The summed E-state index contributed by atoms with van der Waals surface area (Å²) >= 11 is 0. The van der Waals surface area contributed by atoms with Gasteiger partial charge < -0.3 is 5.32 Å². The molecule has 3 atom stereocenters. The van der Waals surface area contributed by atoms with Crippen LogP contribution in [0.4, 0.5) is 13.2 Å². The number of alkyl halides is 3. The molecule has 1 heterocycles. The van der Waals surface area contributed by atoms with Crippen LogP contribution >= 0.6 is 0 Å². The highest BCUT2D eigenvalue weighted by Crippen LogP contribution is 2.37. The molecule has 0 saturated carbocycles. The number of piperidine rings is 1. The van der Waals surface area contributed by atoms with Crippen molar-refractivity contribution in [3.05, 3.63) is 0 Å². The van der Waals surface area contributed by atoms with E-state index in [1.165, 1.54) is 0 Å². The zero-order chi connectivity index (χ0) is 12.5. The van der Waals surface area contributed by atoms with Crippen molar-refractivity contribution in [1.82, 2.24) is 10.2 Å². The standard InChI is InChI=1S/C11H21F3N2/c1-7(2)16-5-9(11(12,13)14)8(3)10(6-16)15-4/h7-10,15H,5-6H2,1-4H3. The lowest BCUT2D eigenvalue weighted by molar-refractivity contribution is -0.204. The number of hydrogen-bond donors (Lipinski definition) is 1. The lowest BCUT2D eigenvalue weighted by Gasteiger charge is -2.44. The zero-order valence-corrected chi connectivity index (χ0v) is 10.3. The van der Waals surface area contributed by atoms with E-state index in [2.05, 4.69) is 5.32 Å². The summed E-state index contributed by atoms with van der Waals surface area (Å²) in [6, 6.07) is 0.0796. The lowest BCUT2D eigenvalue weighted by atomic mass is 9.82. The summed E-state index contributed by atoms with van der Waals surface area (Å²) < 4.78 is 38.7. The first-order chi connectivity index (χ1) is 7.27. The number of likely N-dealkylation sites (N-methyl/N-ethyl adjacent to an activating group) is 1. The van der Waals surface area contributed by atoms with E-state index in [0.29, 0.717) is 6.54 Å². The molecule has 0 aromatic rings. The van der Waals surface area contributed by atoms with Crippen LogP contribution in [0.5, 0.6) is 0 Å². The average Bonchev–Trinajstić information content (AvgIpc) is 2.15. The summed E-state index contributed by atoms with van der Waals surface area (Å²) in [6.07, 6.45) is -4.10. The largest absolute Gasteiger partial charge is 0.393 e. The van der Waals surface area contributed by atoms with Gasteiger partial charge in [0.1, 0.15) is 0 Å². The Hall–Kier alpha value is -0.290. The molecule has 1 saturated heterocycles. The predicted octanol–water partition coefficient (Wildman–Crippen LogP) is 2.11. The number of nitrogens with one attached hydrogen (secondary N) is 1. The van der Waals surface area contributed by atoms with Gasteiger partial charge in [0.15, 0.2) is 0 Å². The van der Waals surface area contributed by atoms with Crippen molar-refractivity contribution in [3.8, 4) is 0 Å². The van der Waals surface area contributed by atoms with Gasteiger partial charge in [-0.25, -0.2) is 0 Å². The molecule has 0 radical (unpaired) electrons. The first-order valence-electron chi connectivity index (χ1n) is 5.75. The van der Waals surface area contributed by atoms with Gasteiger partial charge in [0.05, 0.1) is 5.92 Å². The Bertz CT molecular complexity index is 228. The molecule has 96 valence electrons. The van der Waals surface area contributed by atoms with Gasteiger partial charge in [0, 0.05) is 25.2 Å². The van der Waals surface area contributed by atoms with E-state index in [1.807, 2.05) is 18.7 Å². The van der Waals surface area contributed by atoms with Crippen molar-refractivity contribution in [1.29, 1.82) is 0 Å². The minimum absolute atomic E-state index is 0.0808. The van der Waals surface area contributed by atoms with E-state index < -0.39 is 12.1 Å². The molecule has 3 unspecified atom stereocenters. The Morgan fingerprint density at radius 3 is 2.19 bits per heavy atom. The van der Waals surface area contributed by atoms with Crippen LogP contribution in [0.15, 0.2) is 0 Å². The van der Waals surface area contributed by atoms with E-state index >= 15 is 0 Å². The van der Waals surface area contributed by atoms with Crippen LogP contribution in [-0.4, -0.2) is 43.3 Å². The summed E-state index contributed by atoms with van der Waals surface area (Å²) in [5, 5.41) is 3.00. The molecule has 2 nitrogen and oxygen atoms in total. The van der Waals surface area contributed by atoms with E-state index in [1.54, 1.807) is 14.0 Å². The van der Waals surface area contributed by atoms with Gasteiger partial charge in [0.2, 0.25) is 0 Å². The minimum Gasteiger partial charge on any atom is -0.315 e. The van der Waals surface area contributed by atoms with Gasteiger partial charge in [-0.05, 0) is 26.8 Å². The van der Waals surface area contributed by atoms with Gasteiger partial charge in [-0.15, -0.1) is 0 Å². The second-order valence-electron chi connectivity index (χ2n) is 4.95. The van der Waals surface area contributed by atoms with Crippen LogP contribution in [-0.2, 0) is 0 Å². The Morgan fingerprint density at radius 1 is 1.25 bits per heavy atom. The molecule has 5 heteroatoms. The fraction of sp³-hybridized carbons (Fsp3) is 1.00. The molecular formula is C11H21F3N2. The molecule has 0 aliphatic carbocycles. The van der Waals surface area contributed by atoms with Crippen LogP contribution in [0, 0.1) is 11.8 Å². The average molecular weight is 238 g/mol. The van der Waals surface area contributed by atoms with Crippen molar-refractivity contribution < 1.29 is 13.2 Å². The zero-order valence-electron chi connectivity index (χ0n) is 10.3. The van der Waals surface area contributed by atoms with Crippen LogP contribution in [0.25, 0.3) is 0 Å². The number of halogens is 3. The Kier molecular flexibility index (Phi) is 4.23. The van der Waals surface area contributed by atoms with Gasteiger partial charge in [-0.1, -0.05) is 6.92 Å². The quantitative estimate of drug-likeness (QED) is 0.792. The lowest BCUT2D eigenvalue weighted by Crippen LogP contribution is -2.58. The predicted molar refractivity (Wildman–Crippen MR) is 58.3 cm³/mol. The molecular weight excluding hydrogens is 217 g/mol. The SMILES string of the molecule is CNC1CN(C(C)C)CC(C(F)(F)F)C1C. The second kappa shape index (κ2) is 4.92. The summed E-state index contributed by atoms with van der Waals surface area (Å²) in [7, 11) is 1.73. The van der Waals surface area contributed by atoms with Gasteiger partial charge in [-0.3, -0.25) is 4.90 Å². The Labute approximate surface area is 95.2 Å². The first-order valence-corrected chi connectivity index (χ1v) is 5.75. The molecule has 0 aromatic heterocycles. The summed E-state index contributed by atoms with van der Waals surface area (Å²) in [5.41, 5.74) is 0. The minimum atomic E-state index is -4.10. The summed E-state index contributed by atoms with van der Waals surface area (Å²) in [6.45, 7) is 6.39. The van der Waals surface area contributed by atoms with Gasteiger partial charge in [0.25, 0.3) is 0 Å². The molecule has 1 N–H and O–H groups in total. The molecule has 1 fully saturated rings. The molecule has 1 aliphatic heterocycles. The maximum atomic E-state index is 12.9. The third kappa shape index (κ3) is 2.88. The van der Waals surface area contributed by atoms with Crippen molar-refractivity contribution in [2.45, 2.75) is 39.0 Å². The van der Waals surface area contributed by atoms with Crippen LogP contribution < -0.4 is 5.32 Å². The fourth-order valence-electron chi connectivity index (χ4n) is 2.37. The van der Waals surface area contributed by atoms with Gasteiger partial charge in [-0.2, -0.15) is 13.2 Å². The van der Waals surface area contributed by atoms with Crippen LogP contribution in [0.3, 0.4) is 0 Å². The van der Waals surface area contributed by atoms with Crippen molar-refractivity contribution in [2.75, 3.05) is 20.1 Å². The maximum absolute atomic E-state index is 12.9. The highest BCUT2D eigenvalue weighted by atomic mass is 19.4. The highest BCUT2D eigenvalue weighted by molar-refractivity contribution is 4.92. The topological polar surface area (TPSA) is 15.3 Å². The maximum Gasteiger partial charge on any atom is 0.393 e.